The van der Waals surface area contributed by atoms with Crippen LogP contribution in [0.1, 0.15) is 11.3 Å². The summed E-state index contributed by atoms with van der Waals surface area (Å²) in [5.41, 5.74) is 1.75. The Bertz CT molecular complexity index is 1150. The van der Waals surface area contributed by atoms with Crippen molar-refractivity contribution in [1.82, 2.24) is 15.2 Å². The number of fused-ring (bicyclic) bond motifs is 2. The molecule has 0 saturated carbocycles. The molecule has 2 heterocycles. The average Bonchev–Trinajstić information content (AvgIpc) is 2.49. The molecule has 5 nitrogen and oxygen atoms in total. The highest BCUT2D eigenvalue weighted by Gasteiger charge is 2.18. The van der Waals surface area contributed by atoms with Crippen molar-refractivity contribution >= 4 is 32.6 Å². The van der Waals surface area contributed by atoms with Crippen molar-refractivity contribution in [1.29, 1.82) is 0 Å². The van der Waals surface area contributed by atoms with Crippen LogP contribution in [0.25, 0.3) is 32.6 Å². The van der Waals surface area contributed by atoms with Gasteiger partial charge in [-0.15, -0.1) is 0 Å². The lowest BCUT2D eigenvalue weighted by molar-refractivity contribution is 1.02. The molecule has 0 radical (unpaired) electrons. The predicted octanol–water partition coefficient (Wildman–Crippen LogP) is 2.04. The van der Waals surface area contributed by atoms with Crippen LogP contribution in [0.4, 0.5) is 0 Å². The first kappa shape index (κ1) is 12.0. The van der Waals surface area contributed by atoms with E-state index in [0.29, 0.717) is 32.9 Å². The zero-order chi connectivity index (χ0) is 14.7. The molecule has 0 unspecified atom stereocenters. The van der Waals surface area contributed by atoms with Gasteiger partial charge in [0, 0.05) is 27.1 Å². The quantitative estimate of drug-likeness (QED) is 0.394. The molecule has 4 aromatic rings. The van der Waals surface area contributed by atoms with E-state index in [4.69, 9.17) is 0 Å². The molecule has 4 rings (SSSR count). The summed E-state index contributed by atoms with van der Waals surface area (Å²) in [5, 5.41) is 9.74. The Labute approximate surface area is 118 Å². The van der Waals surface area contributed by atoms with Gasteiger partial charge in [-0.25, -0.2) is 4.98 Å². The van der Waals surface area contributed by atoms with Crippen LogP contribution in [0.5, 0.6) is 0 Å². The molecule has 0 amide bonds. The molecule has 0 fully saturated rings. The summed E-state index contributed by atoms with van der Waals surface area (Å²) in [7, 11) is 0. The Morgan fingerprint density at radius 2 is 1.71 bits per heavy atom. The molecule has 2 aromatic heterocycles. The molecule has 0 atom stereocenters. The SMILES string of the molecule is Cc1n[nH]c2c3ccccc3c(=O)c3c(C)c(=O)nc1c32. The maximum absolute atomic E-state index is 12.8. The third-order valence-electron chi connectivity index (χ3n) is 3.99. The predicted molar refractivity (Wildman–Crippen MR) is 82.1 cm³/mol. The number of pyridine rings is 1. The molecule has 0 saturated heterocycles. The van der Waals surface area contributed by atoms with E-state index in [1.54, 1.807) is 19.9 Å². The summed E-state index contributed by atoms with van der Waals surface area (Å²) in [4.78, 5) is 28.9. The average molecular weight is 277 g/mol. The van der Waals surface area contributed by atoms with Crippen molar-refractivity contribution in [3.63, 3.8) is 0 Å². The van der Waals surface area contributed by atoms with Gasteiger partial charge < -0.3 is 0 Å². The van der Waals surface area contributed by atoms with Crippen molar-refractivity contribution in [2.75, 3.05) is 0 Å². The van der Waals surface area contributed by atoms with Gasteiger partial charge in [0.2, 0.25) is 0 Å². The Hall–Kier alpha value is -2.82. The maximum atomic E-state index is 12.8. The van der Waals surface area contributed by atoms with Gasteiger partial charge >= 0.3 is 0 Å². The Morgan fingerprint density at radius 3 is 2.48 bits per heavy atom. The van der Waals surface area contributed by atoms with Crippen molar-refractivity contribution in [2.24, 2.45) is 0 Å². The topological polar surface area (TPSA) is 75.7 Å². The molecular weight excluding hydrogens is 266 g/mol. The molecule has 1 N–H and O–H groups in total. The fourth-order valence-corrected chi connectivity index (χ4v) is 2.92. The number of benzene rings is 2. The molecule has 2 aromatic carbocycles. The van der Waals surface area contributed by atoms with Crippen LogP contribution in [-0.4, -0.2) is 15.2 Å². The number of nitrogens with one attached hydrogen (secondary N) is 1. The Balaban J connectivity index is 2.56. The lowest BCUT2D eigenvalue weighted by Crippen LogP contribution is -2.17. The third-order valence-corrected chi connectivity index (χ3v) is 3.99. The highest BCUT2D eigenvalue weighted by atomic mass is 16.1. The summed E-state index contributed by atoms with van der Waals surface area (Å²) in [6.45, 7) is 3.42. The van der Waals surface area contributed by atoms with E-state index < -0.39 is 0 Å². The normalized spacial score (nSPS) is 11.7. The number of hydrogen-bond donors (Lipinski definition) is 1. The van der Waals surface area contributed by atoms with Gasteiger partial charge in [-0.1, -0.05) is 24.3 Å². The second-order valence-corrected chi connectivity index (χ2v) is 5.20. The lowest BCUT2D eigenvalue weighted by Gasteiger charge is -2.10. The number of nitrogens with zero attached hydrogens (tertiary/aromatic N) is 2. The number of aromatic amines is 1. The van der Waals surface area contributed by atoms with Crippen molar-refractivity contribution in [2.45, 2.75) is 13.8 Å². The van der Waals surface area contributed by atoms with Gasteiger partial charge in [0.05, 0.1) is 11.2 Å². The van der Waals surface area contributed by atoms with Crippen LogP contribution >= 0.6 is 0 Å². The van der Waals surface area contributed by atoms with E-state index >= 15 is 0 Å². The number of H-pyrrole nitrogens is 1. The second kappa shape index (κ2) is 3.85. The standard InChI is InChI=1S/C16H11N3O2/c1-7-11-12-13(17-16(7)21)8(2)18-19-14(12)9-5-3-4-6-10(9)15(11)20/h3-6,19H,1-2H3. The smallest absolute Gasteiger partial charge is 0.274 e. The molecule has 0 bridgehead atoms. The van der Waals surface area contributed by atoms with E-state index in [0.717, 1.165) is 10.9 Å². The minimum atomic E-state index is -0.368. The Kier molecular flexibility index (Phi) is 2.19. The lowest BCUT2D eigenvalue weighted by atomic mass is 9.98. The van der Waals surface area contributed by atoms with Crippen molar-refractivity contribution in [3.05, 3.63) is 56.1 Å². The molecule has 21 heavy (non-hydrogen) atoms. The molecule has 5 heteroatoms. The first-order valence-corrected chi connectivity index (χ1v) is 6.63. The number of rotatable bonds is 0. The van der Waals surface area contributed by atoms with Gasteiger partial charge in [0.25, 0.3) is 5.56 Å². The maximum Gasteiger partial charge on any atom is 0.274 e. The number of hydrogen-bond acceptors (Lipinski definition) is 4. The largest absolute Gasteiger partial charge is 0.289 e. The minimum Gasteiger partial charge on any atom is -0.289 e. The van der Waals surface area contributed by atoms with E-state index in [9.17, 15) is 9.59 Å². The zero-order valence-electron chi connectivity index (χ0n) is 11.5. The number of aryl methyl sites for hydroxylation is 2. The van der Waals surface area contributed by atoms with Gasteiger partial charge in [-0.2, -0.15) is 5.10 Å². The molecule has 0 aliphatic heterocycles. The third kappa shape index (κ3) is 1.40. The van der Waals surface area contributed by atoms with Crippen LogP contribution in [0.3, 0.4) is 0 Å². The molecule has 0 aliphatic carbocycles. The fraction of sp³-hybridized carbons (Fsp3) is 0.125. The monoisotopic (exact) mass is 277 g/mol. The van der Waals surface area contributed by atoms with Gasteiger partial charge in [0.15, 0.2) is 5.43 Å². The van der Waals surface area contributed by atoms with E-state index in [1.807, 2.05) is 18.2 Å². The summed E-state index contributed by atoms with van der Waals surface area (Å²) in [6.07, 6.45) is 0. The van der Waals surface area contributed by atoms with Crippen LogP contribution in [-0.2, 0) is 0 Å². The molecule has 0 spiro atoms. The molecule has 102 valence electrons. The van der Waals surface area contributed by atoms with Gasteiger partial charge in [0.1, 0.15) is 5.52 Å². The van der Waals surface area contributed by atoms with Crippen LogP contribution in [0, 0.1) is 13.8 Å². The Morgan fingerprint density at radius 1 is 1.00 bits per heavy atom. The van der Waals surface area contributed by atoms with Crippen LogP contribution in [0.15, 0.2) is 33.9 Å². The van der Waals surface area contributed by atoms with E-state index in [2.05, 4.69) is 15.2 Å². The van der Waals surface area contributed by atoms with Crippen molar-refractivity contribution in [3.8, 4) is 0 Å². The highest BCUT2D eigenvalue weighted by molar-refractivity contribution is 6.19. The summed E-state index contributed by atoms with van der Waals surface area (Å²) < 4.78 is 0. The van der Waals surface area contributed by atoms with E-state index in [-0.39, 0.29) is 11.0 Å². The van der Waals surface area contributed by atoms with Gasteiger partial charge in [-0.05, 0) is 13.8 Å². The van der Waals surface area contributed by atoms with Gasteiger partial charge in [-0.3, -0.25) is 14.7 Å². The minimum absolute atomic E-state index is 0.126. The van der Waals surface area contributed by atoms with Crippen molar-refractivity contribution < 1.29 is 0 Å². The summed E-state index contributed by atoms with van der Waals surface area (Å²) >= 11 is 0. The zero-order valence-corrected chi connectivity index (χ0v) is 11.5. The highest BCUT2D eigenvalue weighted by Crippen LogP contribution is 2.28. The summed E-state index contributed by atoms with van der Waals surface area (Å²) in [5.74, 6) is 0. The van der Waals surface area contributed by atoms with Crippen LogP contribution < -0.4 is 11.0 Å². The summed E-state index contributed by atoms with van der Waals surface area (Å²) in [6, 6.07) is 7.33. The first-order chi connectivity index (χ1) is 10.1. The fourth-order valence-electron chi connectivity index (χ4n) is 2.92. The molecule has 0 aliphatic rings. The van der Waals surface area contributed by atoms with E-state index in [1.165, 1.54) is 0 Å². The number of aromatic nitrogens is 3. The van der Waals surface area contributed by atoms with Crippen LogP contribution in [0.2, 0.25) is 0 Å². The first-order valence-electron chi connectivity index (χ1n) is 6.63. The molecular formula is C16H11N3O2. The second-order valence-electron chi connectivity index (χ2n) is 5.20.